The molecule has 0 aliphatic rings. The summed E-state index contributed by atoms with van der Waals surface area (Å²) >= 11 is 0. The Kier molecular flexibility index (Phi) is 7.85. The van der Waals surface area contributed by atoms with Gasteiger partial charge >= 0.3 is 0 Å². The van der Waals surface area contributed by atoms with Crippen molar-refractivity contribution < 1.29 is 9.59 Å². The van der Waals surface area contributed by atoms with Gasteiger partial charge in [-0.1, -0.05) is 0 Å². The van der Waals surface area contributed by atoms with Crippen molar-refractivity contribution in [1.82, 2.24) is 15.3 Å². The van der Waals surface area contributed by atoms with Gasteiger partial charge < -0.3 is 27.9 Å². The molecule has 124 valence electrons. The van der Waals surface area contributed by atoms with Crippen molar-refractivity contribution in [3.63, 3.8) is 0 Å². The average molecular weight is 311 g/mol. The van der Waals surface area contributed by atoms with Crippen LogP contribution in [0.15, 0.2) is 12.5 Å². The number of nitrogens with two attached hydrogens (primary N) is 4. The van der Waals surface area contributed by atoms with Gasteiger partial charge in [-0.05, 0) is 19.4 Å². The van der Waals surface area contributed by atoms with Crippen LogP contribution in [0.5, 0.6) is 0 Å². The summed E-state index contributed by atoms with van der Waals surface area (Å²) in [6.07, 6.45) is 3.73. The third-order valence-corrected chi connectivity index (χ3v) is 3.23. The quantitative estimate of drug-likeness (QED) is 0.150. The molecule has 0 aliphatic heterocycles. The molecule has 10 N–H and O–H groups in total. The third-order valence-electron chi connectivity index (χ3n) is 3.23. The molecule has 0 bridgehead atoms. The number of carbonyl (C=O) groups excluding carboxylic acids is 2. The lowest BCUT2D eigenvalue weighted by Gasteiger charge is -2.13. The Bertz CT molecular complexity index is 461. The third kappa shape index (κ3) is 6.87. The molecule has 9 heteroatoms. The Labute approximate surface area is 129 Å². The van der Waals surface area contributed by atoms with E-state index in [1.165, 1.54) is 6.33 Å². The Morgan fingerprint density at radius 2 is 1.86 bits per heavy atom. The number of carbonyl (C=O) groups is 2. The number of aromatic nitrogens is 2. The lowest BCUT2D eigenvalue weighted by Crippen LogP contribution is -2.46. The number of H-pyrrole nitrogens is 1. The molecule has 0 saturated carbocycles. The highest BCUT2D eigenvalue weighted by molar-refractivity contribution is 6.03. The van der Waals surface area contributed by atoms with Crippen molar-refractivity contribution in [1.29, 1.82) is 0 Å². The summed E-state index contributed by atoms with van der Waals surface area (Å²) in [5.41, 5.74) is 22.9. The summed E-state index contributed by atoms with van der Waals surface area (Å²) in [6.45, 7) is 0.561. The molecule has 1 heterocycles. The number of imidazole rings is 1. The predicted octanol–water partition coefficient (Wildman–Crippen LogP) is -2.29. The number of hydrogen-bond donors (Lipinski definition) is 6. The molecule has 0 amide bonds. The molecular formula is C13H25N7O2. The lowest BCUT2D eigenvalue weighted by atomic mass is 9.98. The lowest BCUT2D eigenvalue weighted by molar-refractivity contribution is -0.128. The maximum atomic E-state index is 11.9. The first-order chi connectivity index (χ1) is 10.4. The molecule has 1 aromatic heterocycles. The van der Waals surface area contributed by atoms with Crippen LogP contribution in [-0.4, -0.2) is 46.5 Å². The molecule has 22 heavy (non-hydrogen) atoms. The molecule has 0 radical (unpaired) electrons. The number of nitrogens with one attached hydrogen (secondary N) is 2. The van der Waals surface area contributed by atoms with Crippen LogP contribution in [0.1, 0.15) is 25.0 Å². The first-order valence-corrected chi connectivity index (χ1v) is 7.19. The first-order valence-electron chi connectivity index (χ1n) is 7.19. The number of nitrogens with zero attached hydrogens (tertiary/aromatic N) is 1. The summed E-state index contributed by atoms with van der Waals surface area (Å²) in [5, 5.41) is 2.82. The second kappa shape index (κ2) is 9.38. The fraction of sp³-hybridized carbons (Fsp3) is 0.615. The van der Waals surface area contributed by atoms with Gasteiger partial charge in [0.25, 0.3) is 0 Å². The zero-order valence-corrected chi connectivity index (χ0v) is 12.5. The number of Topliss-reactive ketones (excluding diaryl/α,β-unsaturated/α-hetero) is 2. The van der Waals surface area contributed by atoms with E-state index in [0.717, 1.165) is 0 Å². The highest BCUT2D eigenvalue weighted by atomic mass is 16.1. The summed E-state index contributed by atoms with van der Waals surface area (Å²) in [6, 6.07) is -1.44. The van der Waals surface area contributed by atoms with Crippen molar-refractivity contribution in [2.24, 2.45) is 22.9 Å². The van der Waals surface area contributed by atoms with E-state index in [4.69, 9.17) is 22.9 Å². The van der Waals surface area contributed by atoms with Gasteiger partial charge in [-0.3, -0.25) is 14.9 Å². The fourth-order valence-electron chi connectivity index (χ4n) is 1.93. The molecule has 0 aliphatic carbocycles. The Hall–Kier alpha value is -1.65. The van der Waals surface area contributed by atoms with Gasteiger partial charge in [-0.2, -0.15) is 0 Å². The molecule has 9 nitrogen and oxygen atoms in total. The van der Waals surface area contributed by atoms with E-state index in [2.05, 4.69) is 15.3 Å². The zero-order valence-electron chi connectivity index (χ0n) is 12.5. The smallest absolute Gasteiger partial charge is 0.157 e. The largest absolute Gasteiger partial charge is 0.351 e. The predicted molar refractivity (Wildman–Crippen MR) is 82.3 cm³/mol. The van der Waals surface area contributed by atoms with Crippen molar-refractivity contribution in [3.05, 3.63) is 18.2 Å². The van der Waals surface area contributed by atoms with E-state index in [1.807, 2.05) is 0 Å². The van der Waals surface area contributed by atoms with E-state index in [0.29, 0.717) is 31.5 Å². The Balaban J connectivity index is 2.28. The van der Waals surface area contributed by atoms with E-state index < -0.39 is 18.4 Å². The molecular weight excluding hydrogens is 286 g/mol. The summed E-state index contributed by atoms with van der Waals surface area (Å²) in [7, 11) is 0. The molecule has 0 saturated heterocycles. The standard InChI is InChI=1S/C13H25N7O2/c14-9(2-1-3-19-13(16)17)11(21)5-12(22)10(15)4-8-6-18-7-20-8/h6-7,9-10,13,19H,1-5,14-17H2,(H,18,20)/t9-,10-/m0/s1. The molecule has 0 unspecified atom stereocenters. The van der Waals surface area contributed by atoms with Crippen molar-refractivity contribution >= 4 is 11.6 Å². The molecule has 0 aromatic carbocycles. The van der Waals surface area contributed by atoms with E-state index in [-0.39, 0.29) is 18.0 Å². The second-order valence-electron chi connectivity index (χ2n) is 5.21. The van der Waals surface area contributed by atoms with Crippen LogP contribution in [0.25, 0.3) is 0 Å². The maximum Gasteiger partial charge on any atom is 0.157 e. The first kappa shape index (κ1) is 18.4. The molecule has 1 rings (SSSR count). The summed E-state index contributed by atoms with van der Waals surface area (Å²) in [5.74, 6) is -0.634. The van der Waals surface area contributed by atoms with Crippen LogP contribution in [0.4, 0.5) is 0 Å². The summed E-state index contributed by atoms with van der Waals surface area (Å²) in [4.78, 5) is 30.6. The zero-order chi connectivity index (χ0) is 16.5. The van der Waals surface area contributed by atoms with Gasteiger partial charge in [-0.15, -0.1) is 0 Å². The van der Waals surface area contributed by atoms with Crippen molar-refractivity contribution in [2.75, 3.05) is 6.54 Å². The van der Waals surface area contributed by atoms with Crippen LogP contribution in [0, 0.1) is 0 Å². The normalized spacial score (nSPS) is 14.0. The second-order valence-corrected chi connectivity index (χ2v) is 5.21. The van der Waals surface area contributed by atoms with Crippen molar-refractivity contribution in [3.8, 4) is 0 Å². The molecule has 2 atom stereocenters. The van der Waals surface area contributed by atoms with Gasteiger partial charge in [0.05, 0.1) is 30.5 Å². The fourth-order valence-corrected chi connectivity index (χ4v) is 1.93. The number of ketones is 2. The van der Waals surface area contributed by atoms with E-state index in [1.54, 1.807) is 6.20 Å². The van der Waals surface area contributed by atoms with Gasteiger partial charge in [-0.25, -0.2) is 4.98 Å². The topological polar surface area (TPSA) is 179 Å². The van der Waals surface area contributed by atoms with Crippen LogP contribution in [0.3, 0.4) is 0 Å². The van der Waals surface area contributed by atoms with Crippen molar-refractivity contribution in [2.45, 2.75) is 44.1 Å². The SMILES string of the molecule is NC(N)NCCC[C@H](N)C(=O)CC(=O)[C@@H](N)Cc1c[nH]cn1. The van der Waals surface area contributed by atoms with E-state index >= 15 is 0 Å². The van der Waals surface area contributed by atoms with Gasteiger partial charge in [0, 0.05) is 12.6 Å². The highest BCUT2D eigenvalue weighted by Gasteiger charge is 2.22. The van der Waals surface area contributed by atoms with Crippen LogP contribution < -0.4 is 28.3 Å². The molecule has 0 fully saturated rings. The number of aromatic amines is 1. The van der Waals surface area contributed by atoms with Gasteiger partial charge in [0.15, 0.2) is 11.6 Å². The molecule has 1 aromatic rings. The minimum atomic E-state index is -0.753. The number of hydrogen-bond acceptors (Lipinski definition) is 8. The Morgan fingerprint density at radius 1 is 1.18 bits per heavy atom. The summed E-state index contributed by atoms with van der Waals surface area (Å²) < 4.78 is 0. The minimum absolute atomic E-state index is 0.253. The van der Waals surface area contributed by atoms with E-state index in [9.17, 15) is 9.59 Å². The van der Waals surface area contributed by atoms with Gasteiger partial charge in [0.1, 0.15) is 6.29 Å². The minimum Gasteiger partial charge on any atom is -0.351 e. The average Bonchev–Trinajstić information content (AvgIpc) is 2.95. The van der Waals surface area contributed by atoms with Crippen LogP contribution in [-0.2, 0) is 16.0 Å². The number of rotatable bonds is 11. The maximum absolute atomic E-state index is 11.9. The monoisotopic (exact) mass is 311 g/mol. The van der Waals surface area contributed by atoms with Gasteiger partial charge in [0.2, 0.25) is 0 Å². The Morgan fingerprint density at radius 3 is 2.45 bits per heavy atom. The van der Waals surface area contributed by atoms with Crippen LogP contribution >= 0.6 is 0 Å². The highest BCUT2D eigenvalue weighted by Crippen LogP contribution is 2.03. The van der Waals surface area contributed by atoms with Crippen LogP contribution in [0.2, 0.25) is 0 Å². The molecule has 0 spiro atoms.